The maximum atomic E-state index is 15.5. The van der Waals surface area contributed by atoms with Gasteiger partial charge in [-0.25, -0.2) is 9.37 Å². The Balaban J connectivity index is 1.40. The number of fused-ring (bicyclic) bond motifs is 1. The number of nitrogens with one attached hydrogen (secondary N) is 1. The third kappa shape index (κ3) is 6.14. The van der Waals surface area contributed by atoms with E-state index in [1.807, 2.05) is 20.8 Å². The maximum absolute atomic E-state index is 15.5. The van der Waals surface area contributed by atoms with E-state index in [9.17, 15) is 19.8 Å². The van der Waals surface area contributed by atoms with Crippen LogP contribution in [0.15, 0.2) is 23.2 Å². The molecule has 5 rings (SSSR count). The van der Waals surface area contributed by atoms with Gasteiger partial charge in [0.1, 0.15) is 23.6 Å². The minimum Gasteiger partial charge on any atom is -0.463 e. The van der Waals surface area contributed by atoms with E-state index in [2.05, 4.69) is 10.3 Å². The van der Waals surface area contributed by atoms with Gasteiger partial charge in [0.2, 0.25) is 5.91 Å². The Kier molecular flexibility index (Phi) is 8.03. The summed E-state index contributed by atoms with van der Waals surface area (Å²) in [5, 5.41) is 27.9. The molecular formula is C29H39FN2O6S. The van der Waals surface area contributed by atoms with Gasteiger partial charge in [0.05, 0.1) is 58.4 Å². The highest BCUT2D eigenvalue weighted by Gasteiger charge is 2.55. The molecule has 3 aliphatic heterocycles. The van der Waals surface area contributed by atoms with Crippen LogP contribution in [0.1, 0.15) is 82.3 Å². The topological polar surface area (TPSA) is 125 Å². The highest BCUT2D eigenvalue weighted by atomic mass is 32.1. The van der Waals surface area contributed by atoms with Gasteiger partial charge in [0, 0.05) is 18.2 Å². The first-order valence-corrected chi connectivity index (χ1v) is 14.9. The van der Waals surface area contributed by atoms with Crippen molar-refractivity contribution >= 4 is 29.1 Å². The molecule has 3 fully saturated rings. The number of nitrogens with zero attached hydrogens (tertiary/aromatic N) is 1. The summed E-state index contributed by atoms with van der Waals surface area (Å²) in [6.07, 6.45) is 4.60. The second-order valence-corrected chi connectivity index (χ2v) is 13.1. The molecule has 1 aliphatic carbocycles. The van der Waals surface area contributed by atoms with Gasteiger partial charge in [-0.15, -0.1) is 11.3 Å². The van der Waals surface area contributed by atoms with E-state index in [-0.39, 0.29) is 37.1 Å². The van der Waals surface area contributed by atoms with Crippen LogP contribution in [0.25, 0.3) is 6.08 Å². The van der Waals surface area contributed by atoms with E-state index in [4.69, 9.17) is 9.47 Å². The van der Waals surface area contributed by atoms with E-state index in [1.165, 1.54) is 17.4 Å². The SMILES string of the molecule is Cc1nc(/C=C(\F)C2CC3OC3(C)CCCC(C)C(O)C(CC3=CO3)C(=O)C3(CCC3)C(O)CC(=O)N2)cs1. The first-order valence-electron chi connectivity index (χ1n) is 14.0. The molecule has 0 radical (unpaired) electrons. The minimum absolute atomic E-state index is 0.153. The number of ether oxygens (including phenoxy) is 2. The number of aliphatic hydroxyl groups is 2. The van der Waals surface area contributed by atoms with E-state index < -0.39 is 46.9 Å². The van der Waals surface area contributed by atoms with Gasteiger partial charge in [-0.05, 0) is 51.5 Å². The van der Waals surface area contributed by atoms with Gasteiger partial charge in [-0.2, -0.15) is 0 Å². The lowest BCUT2D eigenvalue weighted by Gasteiger charge is -2.46. The number of hydrogen-bond acceptors (Lipinski definition) is 8. The van der Waals surface area contributed by atoms with Gasteiger partial charge in [-0.3, -0.25) is 9.59 Å². The third-order valence-corrected chi connectivity index (χ3v) is 9.99. The lowest BCUT2D eigenvalue weighted by atomic mass is 9.58. The van der Waals surface area contributed by atoms with Crippen molar-refractivity contribution in [2.24, 2.45) is 17.3 Å². The Bertz CT molecular complexity index is 1160. The number of ketones is 1. The first-order chi connectivity index (χ1) is 18.5. The molecule has 0 aromatic carbocycles. The van der Waals surface area contributed by atoms with Crippen LogP contribution in [-0.2, 0) is 19.1 Å². The standard InChI is InChI=1S/C29H39FN2O6S/c1-16-6-4-7-28(3)24(38-28)12-22(21(30)10-18-15-39-17(2)31-18)32-25(34)13-23(33)29(8-5-9-29)27(36)20(26(16)35)11-19-14-37-19/h10,14-16,20,22-24,26,33,35H,4-9,11-13H2,1-3H3,(H,32,34)/b21-10-. The van der Waals surface area contributed by atoms with Gasteiger partial charge in [0.25, 0.3) is 0 Å². The van der Waals surface area contributed by atoms with Crippen LogP contribution in [0.4, 0.5) is 4.39 Å². The van der Waals surface area contributed by atoms with E-state index >= 15 is 4.39 Å². The zero-order valence-corrected chi connectivity index (χ0v) is 23.6. The lowest BCUT2D eigenvalue weighted by Crippen LogP contribution is -2.54. The summed E-state index contributed by atoms with van der Waals surface area (Å²) in [6, 6.07) is -0.938. The van der Waals surface area contributed by atoms with Crippen LogP contribution in [0.3, 0.4) is 0 Å². The molecule has 1 aromatic heterocycles. The summed E-state index contributed by atoms with van der Waals surface area (Å²) in [5.74, 6) is -1.48. The molecule has 39 heavy (non-hydrogen) atoms. The van der Waals surface area contributed by atoms with Crippen LogP contribution in [0, 0.1) is 24.2 Å². The van der Waals surface area contributed by atoms with Gasteiger partial charge in [0.15, 0.2) is 0 Å². The van der Waals surface area contributed by atoms with Crippen molar-refractivity contribution in [3.63, 3.8) is 0 Å². The van der Waals surface area contributed by atoms with Gasteiger partial charge >= 0.3 is 0 Å². The molecule has 1 aromatic rings. The van der Waals surface area contributed by atoms with Crippen molar-refractivity contribution in [2.45, 2.75) is 109 Å². The van der Waals surface area contributed by atoms with E-state index in [0.29, 0.717) is 30.7 Å². The average Bonchev–Trinajstić information content (AvgIpc) is 3.74. The molecule has 3 N–H and O–H groups in total. The summed E-state index contributed by atoms with van der Waals surface area (Å²) in [6.45, 7) is 5.77. The van der Waals surface area contributed by atoms with Crippen molar-refractivity contribution in [1.29, 1.82) is 0 Å². The van der Waals surface area contributed by atoms with Crippen molar-refractivity contribution in [1.82, 2.24) is 10.3 Å². The second kappa shape index (κ2) is 11.0. The maximum Gasteiger partial charge on any atom is 0.223 e. The quantitative estimate of drug-likeness (QED) is 0.466. The molecule has 214 valence electrons. The number of aryl methyl sites for hydroxylation is 1. The second-order valence-electron chi connectivity index (χ2n) is 12.1. The van der Waals surface area contributed by atoms with Crippen molar-refractivity contribution in [3.05, 3.63) is 33.9 Å². The Morgan fingerprint density at radius 1 is 1.28 bits per heavy atom. The van der Waals surface area contributed by atoms with Gasteiger partial charge < -0.3 is 25.0 Å². The van der Waals surface area contributed by atoms with Crippen molar-refractivity contribution < 1.29 is 33.7 Å². The summed E-state index contributed by atoms with van der Waals surface area (Å²) in [4.78, 5) is 31.4. The fourth-order valence-electron chi connectivity index (χ4n) is 6.31. The Hall–Kier alpha value is -2.14. The number of amides is 1. The van der Waals surface area contributed by atoms with Crippen LogP contribution >= 0.6 is 11.3 Å². The molecule has 7 atom stereocenters. The molecule has 2 saturated heterocycles. The van der Waals surface area contributed by atoms with E-state index in [0.717, 1.165) is 24.3 Å². The summed E-state index contributed by atoms with van der Waals surface area (Å²) >= 11 is 1.42. The number of epoxide rings is 1. The highest BCUT2D eigenvalue weighted by Crippen LogP contribution is 2.50. The predicted molar refractivity (Wildman–Crippen MR) is 144 cm³/mol. The summed E-state index contributed by atoms with van der Waals surface area (Å²) in [7, 11) is 0. The number of thiazole rings is 1. The summed E-state index contributed by atoms with van der Waals surface area (Å²) in [5.41, 5.74) is -1.06. The Morgan fingerprint density at radius 2 is 2.03 bits per heavy atom. The fourth-order valence-corrected chi connectivity index (χ4v) is 6.88. The number of rotatable bonds is 4. The number of hydrogen-bond donors (Lipinski definition) is 3. The number of Topliss-reactive ketones (excluding diaryl/α,β-unsaturated/α-hetero) is 1. The zero-order valence-electron chi connectivity index (χ0n) is 22.8. The molecule has 8 nitrogen and oxygen atoms in total. The molecule has 1 spiro atoms. The number of aliphatic hydroxyl groups excluding tert-OH is 2. The fraction of sp³-hybridized carbons (Fsp3) is 0.690. The largest absolute Gasteiger partial charge is 0.463 e. The van der Waals surface area contributed by atoms with Crippen LogP contribution < -0.4 is 5.32 Å². The number of aromatic nitrogens is 1. The van der Waals surface area contributed by atoms with Crippen molar-refractivity contribution in [3.8, 4) is 0 Å². The van der Waals surface area contributed by atoms with Crippen LogP contribution in [0.5, 0.6) is 0 Å². The van der Waals surface area contributed by atoms with Crippen molar-refractivity contribution in [2.75, 3.05) is 0 Å². The molecule has 1 amide bonds. The summed E-state index contributed by atoms with van der Waals surface area (Å²) < 4.78 is 26.7. The minimum atomic E-state index is -1.23. The third-order valence-electron chi connectivity index (χ3n) is 9.20. The normalized spacial score (nSPS) is 37.3. The van der Waals surface area contributed by atoms with E-state index in [1.54, 1.807) is 11.6 Å². The lowest BCUT2D eigenvalue weighted by molar-refractivity contribution is -0.155. The number of allylic oxidation sites excluding steroid dienone is 1. The molecule has 7 unspecified atom stereocenters. The smallest absolute Gasteiger partial charge is 0.223 e. The highest BCUT2D eigenvalue weighted by molar-refractivity contribution is 7.09. The molecule has 10 heteroatoms. The number of halogens is 1. The van der Waals surface area contributed by atoms with Gasteiger partial charge in [-0.1, -0.05) is 19.8 Å². The first kappa shape index (κ1) is 28.4. The molecular weight excluding hydrogens is 523 g/mol. The molecule has 4 heterocycles. The number of carbonyl (C=O) groups excluding carboxylic acids is 2. The Labute approximate surface area is 232 Å². The Morgan fingerprint density at radius 3 is 2.64 bits per heavy atom. The number of carbonyl (C=O) groups is 2. The monoisotopic (exact) mass is 562 g/mol. The average molecular weight is 563 g/mol. The molecule has 0 bridgehead atoms. The zero-order chi connectivity index (χ0) is 27.9. The predicted octanol–water partition coefficient (Wildman–Crippen LogP) is 4.34. The van der Waals surface area contributed by atoms with Crippen LogP contribution in [-0.4, -0.2) is 56.8 Å². The van der Waals surface area contributed by atoms with Crippen LogP contribution in [0.2, 0.25) is 0 Å². The molecule has 4 aliphatic rings. The molecule has 1 saturated carbocycles.